The van der Waals surface area contributed by atoms with Crippen LogP contribution in [0.4, 0.5) is 0 Å². The van der Waals surface area contributed by atoms with E-state index in [1.54, 1.807) is 6.07 Å². The number of carbonyl (C=O) groups excluding carboxylic acids is 2. The monoisotopic (exact) mass is 568 g/mol. The number of nitrogens with zero attached hydrogens (tertiary/aromatic N) is 2. The highest BCUT2D eigenvalue weighted by Gasteiger charge is 2.61. The van der Waals surface area contributed by atoms with Crippen molar-refractivity contribution in [2.24, 2.45) is 11.8 Å². The van der Waals surface area contributed by atoms with E-state index in [9.17, 15) is 14.7 Å². The molecule has 2 saturated carbocycles. The van der Waals surface area contributed by atoms with E-state index in [0.717, 1.165) is 48.2 Å². The number of hydrogen-bond acceptors (Lipinski definition) is 5. The molecule has 3 aromatic rings. The van der Waals surface area contributed by atoms with Gasteiger partial charge in [-0.15, -0.1) is 0 Å². The molecule has 1 amide bonds. The number of rotatable bonds is 8. The van der Waals surface area contributed by atoms with E-state index in [0.29, 0.717) is 37.4 Å². The number of carbonyl (C=O) groups is 2. The second kappa shape index (κ2) is 11.4. The molecule has 1 heterocycles. The summed E-state index contributed by atoms with van der Waals surface area (Å²) in [5, 5.41) is 12.8. The molecule has 1 N–H and O–H groups in total. The molecular weight excluding hydrogens is 524 g/mol. The number of ether oxygens (including phenoxy) is 1. The maximum absolute atomic E-state index is 14.3. The van der Waals surface area contributed by atoms with Crippen LogP contribution in [0.1, 0.15) is 75.2 Å². The van der Waals surface area contributed by atoms with Crippen LogP contribution in [-0.4, -0.2) is 64.6 Å². The third-order valence-electron chi connectivity index (χ3n) is 9.88. The summed E-state index contributed by atoms with van der Waals surface area (Å²) in [7, 11) is 0. The minimum absolute atomic E-state index is 0.0209. The number of fused-ring (bicyclic) bond motifs is 2. The first-order valence-corrected chi connectivity index (χ1v) is 15.7. The summed E-state index contributed by atoms with van der Waals surface area (Å²) in [6, 6.07) is 21.6. The van der Waals surface area contributed by atoms with Gasteiger partial charge in [0.05, 0.1) is 0 Å². The second-order valence-corrected chi connectivity index (χ2v) is 13.5. The van der Waals surface area contributed by atoms with Crippen molar-refractivity contribution < 1.29 is 19.4 Å². The fourth-order valence-corrected chi connectivity index (χ4v) is 7.83. The normalized spacial score (nSPS) is 26.1. The van der Waals surface area contributed by atoms with E-state index in [2.05, 4.69) is 41.8 Å². The molecule has 6 rings (SSSR count). The SMILES string of the molecule is CC(=O)OC12CCC(N(CC(C)C)C(=O)c3ccc4ccccc4c3)CC1(c1cccc(O)c1)CCN(CC1CC1)C2. The van der Waals surface area contributed by atoms with Gasteiger partial charge in [-0.3, -0.25) is 14.5 Å². The largest absolute Gasteiger partial charge is 0.508 e. The summed E-state index contributed by atoms with van der Waals surface area (Å²) in [6.45, 7) is 9.13. The fraction of sp³-hybridized carbons (Fsp3) is 0.500. The second-order valence-electron chi connectivity index (χ2n) is 13.5. The quantitative estimate of drug-likeness (QED) is 0.312. The van der Waals surface area contributed by atoms with Gasteiger partial charge >= 0.3 is 5.97 Å². The predicted octanol–water partition coefficient (Wildman–Crippen LogP) is 6.55. The molecule has 42 heavy (non-hydrogen) atoms. The number of amides is 1. The Kier molecular flexibility index (Phi) is 7.77. The molecule has 1 saturated heterocycles. The lowest BCUT2D eigenvalue weighted by Gasteiger charge is -2.60. The molecule has 3 unspecified atom stereocenters. The minimum Gasteiger partial charge on any atom is -0.508 e. The molecule has 3 atom stereocenters. The van der Waals surface area contributed by atoms with Crippen LogP contribution < -0.4 is 0 Å². The third-order valence-corrected chi connectivity index (χ3v) is 9.88. The molecule has 0 aromatic heterocycles. The molecule has 0 spiro atoms. The summed E-state index contributed by atoms with van der Waals surface area (Å²) in [4.78, 5) is 31.6. The van der Waals surface area contributed by atoms with Crippen molar-refractivity contribution in [2.75, 3.05) is 26.2 Å². The molecule has 2 aliphatic carbocycles. The topological polar surface area (TPSA) is 70.1 Å². The minimum atomic E-state index is -0.717. The van der Waals surface area contributed by atoms with Gasteiger partial charge < -0.3 is 14.7 Å². The van der Waals surface area contributed by atoms with Crippen molar-refractivity contribution in [3.63, 3.8) is 0 Å². The Hall–Kier alpha value is -3.38. The summed E-state index contributed by atoms with van der Waals surface area (Å²) in [5.41, 5.74) is 0.476. The first kappa shape index (κ1) is 28.7. The molecule has 1 aliphatic heterocycles. The van der Waals surface area contributed by atoms with E-state index >= 15 is 0 Å². The molecule has 0 radical (unpaired) electrons. The van der Waals surface area contributed by atoms with Gasteiger partial charge in [-0.25, -0.2) is 0 Å². The van der Waals surface area contributed by atoms with Crippen LogP contribution in [0.15, 0.2) is 66.7 Å². The summed E-state index contributed by atoms with van der Waals surface area (Å²) < 4.78 is 6.45. The number of piperidine rings is 1. The van der Waals surface area contributed by atoms with Crippen molar-refractivity contribution in [3.05, 3.63) is 77.9 Å². The Morgan fingerprint density at radius 3 is 2.50 bits per heavy atom. The number of hydrogen-bond donors (Lipinski definition) is 1. The van der Waals surface area contributed by atoms with Crippen molar-refractivity contribution in [2.45, 2.75) is 76.4 Å². The summed E-state index contributed by atoms with van der Waals surface area (Å²) in [6.07, 6.45) is 5.49. The highest BCUT2D eigenvalue weighted by molar-refractivity contribution is 5.98. The lowest BCUT2D eigenvalue weighted by Crippen LogP contribution is -2.69. The van der Waals surface area contributed by atoms with Gasteiger partial charge in [0.15, 0.2) is 0 Å². The molecule has 3 aliphatic rings. The van der Waals surface area contributed by atoms with E-state index in [1.807, 2.05) is 42.5 Å². The zero-order valence-electron chi connectivity index (χ0n) is 25.2. The van der Waals surface area contributed by atoms with Crippen LogP contribution in [-0.2, 0) is 14.9 Å². The van der Waals surface area contributed by atoms with E-state index in [-0.39, 0.29) is 23.7 Å². The van der Waals surface area contributed by atoms with Crippen molar-refractivity contribution in [1.29, 1.82) is 0 Å². The van der Waals surface area contributed by atoms with Gasteiger partial charge in [-0.05, 0) is 97.5 Å². The first-order chi connectivity index (χ1) is 20.2. The van der Waals surface area contributed by atoms with Crippen LogP contribution in [0, 0.1) is 11.8 Å². The van der Waals surface area contributed by atoms with Crippen LogP contribution >= 0.6 is 0 Å². The Morgan fingerprint density at radius 1 is 1.00 bits per heavy atom. The number of benzene rings is 3. The highest BCUT2D eigenvalue weighted by atomic mass is 16.6. The molecule has 6 heteroatoms. The van der Waals surface area contributed by atoms with Crippen molar-refractivity contribution >= 4 is 22.6 Å². The number of esters is 1. The average Bonchev–Trinajstić information content (AvgIpc) is 3.78. The number of phenolic OH excluding ortho intramolecular Hbond substituents is 1. The van der Waals surface area contributed by atoms with Gasteiger partial charge in [-0.1, -0.05) is 56.3 Å². The van der Waals surface area contributed by atoms with Gasteiger partial charge in [0.25, 0.3) is 5.91 Å². The average molecular weight is 569 g/mol. The van der Waals surface area contributed by atoms with E-state index in [1.165, 1.54) is 19.8 Å². The highest BCUT2D eigenvalue weighted by Crippen LogP contribution is 2.55. The van der Waals surface area contributed by atoms with E-state index < -0.39 is 11.0 Å². The molecule has 222 valence electrons. The number of phenols is 1. The standard InChI is InChI=1S/C36H44N2O4/c1-25(2)22-38(34(41)30-14-13-28-7-4-5-8-29(28)19-30)32-15-16-36(42-26(3)39)24-37(23-27-11-12-27)18-17-35(36,21-32)31-9-6-10-33(40)20-31/h4-10,13-14,19-20,25,27,32,40H,11-12,15-18,21-24H2,1-3H3. The van der Waals surface area contributed by atoms with Crippen LogP contribution in [0.2, 0.25) is 0 Å². The zero-order chi connectivity index (χ0) is 29.5. The smallest absolute Gasteiger partial charge is 0.303 e. The van der Waals surface area contributed by atoms with Crippen LogP contribution in [0.5, 0.6) is 5.75 Å². The third kappa shape index (κ3) is 5.54. The zero-order valence-corrected chi connectivity index (χ0v) is 25.2. The van der Waals surface area contributed by atoms with Crippen molar-refractivity contribution in [1.82, 2.24) is 9.80 Å². The van der Waals surface area contributed by atoms with Crippen LogP contribution in [0.3, 0.4) is 0 Å². The summed E-state index contributed by atoms with van der Waals surface area (Å²) >= 11 is 0. The van der Waals surface area contributed by atoms with Gasteiger partial charge in [0.2, 0.25) is 0 Å². The molecule has 3 fully saturated rings. The lowest BCUT2D eigenvalue weighted by atomic mass is 9.54. The van der Waals surface area contributed by atoms with Gasteiger partial charge in [-0.2, -0.15) is 0 Å². The Labute approximate surface area is 249 Å². The molecule has 3 aromatic carbocycles. The predicted molar refractivity (Wildman–Crippen MR) is 166 cm³/mol. The number of likely N-dealkylation sites (tertiary alicyclic amines) is 1. The maximum atomic E-state index is 14.3. The first-order valence-electron chi connectivity index (χ1n) is 15.7. The summed E-state index contributed by atoms with van der Waals surface area (Å²) in [5.74, 6) is 1.04. The van der Waals surface area contributed by atoms with Crippen LogP contribution in [0.25, 0.3) is 10.8 Å². The van der Waals surface area contributed by atoms with E-state index in [4.69, 9.17) is 4.74 Å². The van der Waals surface area contributed by atoms with Gasteiger partial charge in [0.1, 0.15) is 11.4 Å². The molecule has 6 nitrogen and oxygen atoms in total. The Balaban J connectivity index is 1.39. The number of aromatic hydroxyl groups is 1. The fourth-order valence-electron chi connectivity index (χ4n) is 7.83. The van der Waals surface area contributed by atoms with Gasteiger partial charge in [0, 0.05) is 43.6 Å². The molecular formula is C36H44N2O4. The maximum Gasteiger partial charge on any atom is 0.303 e. The Bertz CT molecular complexity index is 1470. The Morgan fingerprint density at radius 2 is 1.79 bits per heavy atom. The van der Waals surface area contributed by atoms with Crippen molar-refractivity contribution in [3.8, 4) is 5.75 Å². The molecule has 0 bridgehead atoms. The lowest BCUT2D eigenvalue weighted by molar-refractivity contribution is -0.189.